The monoisotopic (exact) mass is 446 g/mol. The molecule has 7 nitrogen and oxygen atoms in total. The number of fused-ring (bicyclic) bond motifs is 2. The summed E-state index contributed by atoms with van der Waals surface area (Å²) < 4.78 is 7.68. The van der Waals surface area contributed by atoms with Gasteiger partial charge in [-0.25, -0.2) is 9.97 Å². The standard InChI is InChI=1S/C21H23ClN4O3S/c22-16-4-2-8-23-19(16)29-14-6-9-25(10-7-14)18(27)11-13-12-30-21-24-17-5-1-3-15(17)20(28)26(13)21/h2,4,8,13-14H,1,3,5-7,9-12H2/t13-/m1/s1. The summed E-state index contributed by atoms with van der Waals surface area (Å²) in [5.41, 5.74) is 1.88. The van der Waals surface area contributed by atoms with Gasteiger partial charge in [0.15, 0.2) is 5.16 Å². The number of thioether (sulfide) groups is 1. The lowest BCUT2D eigenvalue weighted by Gasteiger charge is -2.32. The molecule has 9 heteroatoms. The Morgan fingerprint density at radius 1 is 1.30 bits per heavy atom. The highest BCUT2D eigenvalue weighted by Gasteiger charge is 2.33. The molecular weight excluding hydrogens is 424 g/mol. The summed E-state index contributed by atoms with van der Waals surface area (Å²) in [5.74, 6) is 1.27. The molecule has 1 fully saturated rings. The minimum absolute atomic E-state index is 0.00128. The summed E-state index contributed by atoms with van der Waals surface area (Å²) >= 11 is 7.71. The lowest BCUT2D eigenvalue weighted by molar-refractivity contribution is -0.133. The van der Waals surface area contributed by atoms with Gasteiger partial charge in [0.2, 0.25) is 11.8 Å². The van der Waals surface area contributed by atoms with Gasteiger partial charge >= 0.3 is 0 Å². The number of hydrogen-bond acceptors (Lipinski definition) is 6. The molecule has 2 aliphatic heterocycles. The molecule has 0 spiro atoms. The molecule has 4 heterocycles. The number of carbonyl (C=O) groups excluding carboxylic acids is 1. The fourth-order valence-electron chi connectivity index (χ4n) is 4.47. The number of rotatable bonds is 4. The molecular formula is C21H23ClN4O3S. The van der Waals surface area contributed by atoms with Crippen LogP contribution in [0.5, 0.6) is 5.88 Å². The van der Waals surface area contributed by atoms with E-state index in [1.54, 1.807) is 34.7 Å². The first-order valence-corrected chi connectivity index (χ1v) is 11.8. The van der Waals surface area contributed by atoms with Gasteiger partial charge < -0.3 is 9.64 Å². The molecule has 0 radical (unpaired) electrons. The van der Waals surface area contributed by atoms with E-state index in [0.29, 0.717) is 30.4 Å². The maximum atomic E-state index is 12.9. The number of aromatic nitrogens is 3. The normalized spacial score (nSPS) is 20.8. The summed E-state index contributed by atoms with van der Waals surface area (Å²) in [4.78, 5) is 36.6. The average molecular weight is 447 g/mol. The fraction of sp³-hybridized carbons (Fsp3) is 0.524. The predicted octanol–water partition coefficient (Wildman–Crippen LogP) is 2.89. The Labute approximate surface area is 183 Å². The van der Waals surface area contributed by atoms with Crippen molar-refractivity contribution in [2.75, 3.05) is 18.8 Å². The van der Waals surface area contributed by atoms with Crippen LogP contribution in [-0.2, 0) is 17.6 Å². The van der Waals surface area contributed by atoms with Gasteiger partial charge in [-0.1, -0.05) is 23.4 Å². The fourth-order valence-corrected chi connectivity index (χ4v) is 5.79. The number of carbonyl (C=O) groups is 1. The molecule has 3 aliphatic rings. The zero-order chi connectivity index (χ0) is 20.7. The lowest BCUT2D eigenvalue weighted by atomic mass is 10.1. The van der Waals surface area contributed by atoms with Gasteiger partial charge in [-0.3, -0.25) is 14.2 Å². The van der Waals surface area contributed by atoms with Gasteiger partial charge in [-0.15, -0.1) is 0 Å². The maximum Gasteiger partial charge on any atom is 0.257 e. The summed E-state index contributed by atoms with van der Waals surface area (Å²) in [7, 11) is 0. The smallest absolute Gasteiger partial charge is 0.257 e. The first kappa shape index (κ1) is 19.9. The van der Waals surface area contributed by atoms with E-state index >= 15 is 0 Å². The zero-order valence-electron chi connectivity index (χ0n) is 16.6. The SMILES string of the molecule is O=C(C[C@@H]1CSc2nc3c(c(=O)n21)CCC3)N1CCC(Oc2ncccc2Cl)CC1. The van der Waals surface area contributed by atoms with Crippen LogP contribution in [0, 0.1) is 0 Å². The van der Waals surface area contributed by atoms with Gasteiger partial charge in [0.25, 0.3) is 5.56 Å². The average Bonchev–Trinajstić information content (AvgIpc) is 3.38. The molecule has 1 aliphatic carbocycles. The van der Waals surface area contributed by atoms with Gasteiger partial charge in [-0.2, -0.15) is 0 Å². The third-order valence-electron chi connectivity index (χ3n) is 6.08. The maximum absolute atomic E-state index is 12.9. The number of nitrogens with zero attached hydrogens (tertiary/aromatic N) is 4. The van der Waals surface area contributed by atoms with E-state index in [1.165, 1.54) is 0 Å². The van der Waals surface area contributed by atoms with Crippen molar-refractivity contribution in [3.63, 3.8) is 0 Å². The van der Waals surface area contributed by atoms with E-state index in [0.717, 1.165) is 54.3 Å². The van der Waals surface area contributed by atoms with Crippen LogP contribution < -0.4 is 10.3 Å². The van der Waals surface area contributed by atoms with Crippen molar-refractivity contribution in [1.29, 1.82) is 0 Å². The highest BCUT2D eigenvalue weighted by molar-refractivity contribution is 7.99. The van der Waals surface area contributed by atoms with Crippen molar-refractivity contribution in [2.45, 2.75) is 55.8 Å². The Balaban J connectivity index is 1.20. The first-order chi connectivity index (χ1) is 14.6. The van der Waals surface area contributed by atoms with Gasteiger partial charge in [0.05, 0.1) is 11.7 Å². The minimum Gasteiger partial charge on any atom is -0.473 e. The van der Waals surface area contributed by atoms with Crippen LogP contribution in [0.2, 0.25) is 5.02 Å². The second-order valence-corrected chi connectivity index (χ2v) is 9.40. The Bertz CT molecular complexity index is 1040. The number of pyridine rings is 1. The predicted molar refractivity (Wildman–Crippen MR) is 114 cm³/mol. The summed E-state index contributed by atoms with van der Waals surface area (Å²) in [6.07, 6.45) is 6.17. The van der Waals surface area contributed by atoms with E-state index in [2.05, 4.69) is 9.97 Å². The van der Waals surface area contributed by atoms with E-state index in [1.807, 2.05) is 4.90 Å². The van der Waals surface area contributed by atoms with Crippen molar-refractivity contribution in [1.82, 2.24) is 19.4 Å². The van der Waals surface area contributed by atoms with Crippen LogP contribution in [-0.4, -0.2) is 50.3 Å². The molecule has 1 atom stereocenters. The third-order valence-corrected chi connectivity index (χ3v) is 7.47. The third kappa shape index (κ3) is 3.71. The molecule has 1 amide bonds. The number of halogens is 1. The number of amides is 1. The second-order valence-electron chi connectivity index (χ2n) is 8.01. The number of piperidine rings is 1. The van der Waals surface area contributed by atoms with E-state index in [-0.39, 0.29) is 23.6 Å². The van der Waals surface area contributed by atoms with Crippen molar-refractivity contribution >= 4 is 29.3 Å². The second kappa shape index (κ2) is 8.23. The molecule has 158 valence electrons. The van der Waals surface area contributed by atoms with Crippen LogP contribution in [0.25, 0.3) is 0 Å². The Hall–Kier alpha value is -2.06. The molecule has 30 heavy (non-hydrogen) atoms. The van der Waals surface area contributed by atoms with Gasteiger partial charge in [0.1, 0.15) is 11.1 Å². The zero-order valence-corrected chi connectivity index (χ0v) is 18.1. The van der Waals surface area contributed by atoms with Crippen molar-refractivity contribution in [3.05, 3.63) is 45.0 Å². The Kier molecular flexibility index (Phi) is 5.45. The molecule has 0 saturated carbocycles. The first-order valence-electron chi connectivity index (χ1n) is 10.4. The summed E-state index contributed by atoms with van der Waals surface area (Å²) in [6, 6.07) is 3.42. The van der Waals surface area contributed by atoms with E-state index < -0.39 is 0 Å². The van der Waals surface area contributed by atoms with Gasteiger partial charge in [-0.05, 0) is 31.4 Å². The number of likely N-dealkylation sites (tertiary alicyclic amines) is 1. The molecule has 0 N–H and O–H groups in total. The number of ether oxygens (including phenoxy) is 1. The van der Waals surface area contributed by atoms with Gasteiger partial charge in [0, 0.05) is 49.9 Å². The molecule has 0 aromatic carbocycles. The summed E-state index contributed by atoms with van der Waals surface area (Å²) in [5, 5.41) is 1.27. The quantitative estimate of drug-likeness (QED) is 0.672. The molecule has 0 bridgehead atoms. The molecule has 0 unspecified atom stereocenters. The Morgan fingerprint density at radius 3 is 2.93 bits per heavy atom. The van der Waals surface area contributed by atoms with Crippen LogP contribution in [0.15, 0.2) is 28.3 Å². The highest BCUT2D eigenvalue weighted by atomic mass is 35.5. The molecule has 5 rings (SSSR count). The topological polar surface area (TPSA) is 77.3 Å². The van der Waals surface area contributed by atoms with Crippen LogP contribution >= 0.6 is 23.4 Å². The Morgan fingerprint density at radius 2 is 2.13 bits per heavy atom. The van der Waals surface area contributed by atoms with E-state index in [9.17, 15) is 9.59 Å². The van der Waals surface area contributed by atoms with Crippen LogP contribution in [0.3, 0.4) is 0 Å². The summed E-state index contributed by atoms with van der Waals surface area (Å²) in [6.45, 7) is 1.27. The van der Waals surface area contributed by atoms with Crippen LogP contribution in [0.4, 0.5) is 0 Å². The highest BCUT2D eigenvalue weighted by Crippen LogP contribution is 2.34. The number of aryl methyl sites for hydroxylation is 1. The number of hydrogen-bond donors (Lipinski definition) is 0. The molecule has 2 aromatic heterocycles. The molecule has 1 saturated heterocycles. The lowest BCUT2D eigenvalue weighted by Crippen LogP contribution is -2.43. The largest absolute Gasteiger partial charge is 0.473 e. The van der Waals surface area contributed by atoms with Crippen LogP contribution in [0.1, 0.15) is 43.0 Å². The van der Waals surface area contributed by atoms with Crippen molar-refractivity contribution in [2.24, 2.45) is 0 Å². The molecule has 2 aromatic rings. The van der Waals surface area contributed by atoms with Crippen molar-refractivity contribution < 1.29 is 9.53 Å². The van der Waals surface area contributed by atoms with E-state index in [4.69, 9.17) is 16.3 Å². The van der Waals surface area contributed by atoms with Crippen molar-refractivity contribution in [3.8, 4) is 5.88 Å². The minimum atomic E-state index is -0.107.